The first kappa shape index (κ1) is 16.5. The van der Waals surface area contributed by atoms with Gasteiger partial charge in [0.2, 0.25) is 10.0 Å². The SMILES string of the molecule is O=C(c1ccccc1F)N1CCN(S(=O)(=O)c2cccnc2)CC1. The maximum Gasteiger partial charge on any atom is 0.256 e. The fourth-order valence-corrected chi connectivity index (χ4v) is 3.97. The number of hydrogen-bond acceptors (Lipinski definition) is 4. The van der Waals surface area contributed by atoms with Crippen LogP contribution in [0.25, 0.3) is 0 Å². The summed E-state index contributed by atoms with van der Waals surface area (Å²) in [4.78, 5) is 17.8. The van der Waals surface area contributed by atoms with Crippen molar-refractivity contribution in [3.8, 4) is 0 Å². The van der Waals surface area contributed by atoms with E-state index in [1.165, 1.54) is 45.9 Å². The van der Waals surface area contributed by atoms with E-state index >= 15 is 0 Å². The van der Waals surface area contributed by atoms with Gasteiger partial charge in [-0.1, -0.05) is 12.1 Å². The van der Waals surface area contributed by atoms with Gasteiger partial charge in [-0.15, -0.1) is 0 Å². The number of carbonyl (C=O) groups is 1. The Morgan fingerprint density at radius 1 is 1.04 bits per heavy atom. The summed E-state index contributed by atoms with van der Waals surface area (Å²) in [7, 11) is -3.63. The van der Waals surface area contributed by atoms with Crippen LogP contribution in [-0.4, -0.2) is 54.7 Å². The predicted molar refractivity (Wildman–Crippen MR) is 85.3 cm³/mol. The van der Waals surface area contributed by atoms with E-state index in [4.69, 9.17) is 0 Å². The maximum atomic E-state index is 13.7. The number of amides is 1. The lowest BCUT2D eigenvalue weighted by molar-refractivity contribution is 0.0693. The van der Waals surface area contributed by atoms with E-state index in [1.54, 1.807) is 12.1 Å². The number of benzene rings is 1. The largest absolute Gasteiger partial charge is 0.336 e. The Morgan fingerprint density at radius 3 is 2.38 bits per heavy atom. The molecule has 0 spiro atoms. The molecule has 0 bridgehead atoms. The Labute approximate surface area is 139 Å². The van der Waals surface area contributed by atoms with Gasteiger partial charge >= 0.3 is 0 Å². The highest BCUT2D eigenvalue weighted by Crippen LogP contribution is 2.18. The summed E-state index contributed by atoms with van der Waals surface area (Å²) in [5, 5.41) is 0. The zero-order valence-electron chi connectivity index (χ0n) is 12.8. The number of aromatic nitrogens is 1. The molecule has 126 valence electrons. The summed E-state index contributed by atoms with van der Waals surface area (Å²) in [6.45, 7) is 0.758. The molecule has 1 saturated heterocycles. The van der Waals surface area contributed by atoms with Crippen molar-refractivity contribution in [1.82, 2.24) is 14.2 Å². The van der Waals surface area contributed by atoms with Gasteiger partial charge < -0.3 is 4.90 Å². The van der Waals surface area contributed by atoms with E-state index in [0.717, 1.165) is 0 Å². The monoisotopic (exact) mass is 349 g/mol. The Bertz CT molecular complexity index is 835. The Hall–Kier alpha value is -2.32. The molecule has 0 aliphatic carbocycles. The summed E-state index contributed by atoms with van der Waals surface area (Å²) in [6.07, 6.45) is 2.80. The van der Waals surface area contributed by atoms with Crippen molar-refractivity contribution in [2.45, 2.75) is 4.90 Å². The van der Waals surface area contributed by atoms with Gasteiger partial charge in [-0.3, -0.25) is 9.78 Å². The molecule has 1 aliphatic heterocycles. The Kier molecular flexibility index (Phi) is 4.59. The Balaban J connectivity index is 1.70. The highest BCUT2D eigenvalue weighted by molar-refractivity contribution is 7.89. The molecule has 2 heterocycles. The van der Waals surface area contributed by atoms with Gasteiger partial charge in [-0.05, 0) is 24.3 Å². The van der Waals surface area contributed by atoms with Gasteiger partial charge in [0.25, 0.3) is 5.91 Å². The molecule has 3 rings (SSSR count). The third-order valence-corrected chi connectivity index (χ3v) is 5.78. The van der Waals surface area contributed by atoms with Crippen molar-refractivity contribution in [3.05, 3.63) is 60.2 Å². The molecule has 1 aliphatic rings. The molecule has 1 amide bonds. The number of carbonyl (C=O) groups excluding carboxylic acids is 1. The smallest absolute Gasteiger partial charge is 0.256 e. The van der Waals surface area contributed by atoms with Crippen molar-refractivity contribution < 1.29 is 17.6 Å². The molecule has 6 nitrogen and oxygen atoms in total. The normalized spacial score (nSPS) is 16.1. The van der Waals surface area contributed by atoms with E-state index in [1.807, 2.05) is 0 Å². The number of sulfonamides is 1. The highest BCUT2D eigenvalue weighted by Gasteiger charge is 2.31. The van der Waals surface area contributed by atoms with Crippen LogP contribution < -0.4 is 0 Å². The summed E-state index contributed by atoms with van der Waals surface area (Å²) >= 11 is 0. The van der Waals surface area contributed by atoms with E-state index in [-0.39, 0.29) is 36.6 Å². The van der Waals surface area contributed by atoms with Crippen LogP contribution in [0.1, 0.15) is 10.4 Å². The third-order valence-electron chi connectivity index (χ3n) is 3.90. The zero-order valence-corrected chi connectivity index (χ0v) is 13.6. The lowest BCUT2D eigenvalue weighted by Gasteiger charge is -2.34. The van der Waals surface area contributed by atoms with Crippen LogP contribution in [0.15, 0.2) is 53.7 Å². The zero-order chi connectivity index (χ0) is 17.2. The molecule has 0 N–H and O–H groups in total. The number of halogens is 1. The van der Waals surface area contributed by atoms with Crippen LogP contribution in [0.4, 0.5) is 4.39 Å². The number of rotatable bonds is 3. The number of nitrogens with zero attached hydrogens (tertiary/aromatic N) is 3. The summed E-state index contributed by atoms with van der Waals surface area (Å²) in [6, 6.07) is 8.82. The van der Waals surface area contributed by atoms with Gasteiger partial charge in [0.1, 0.15) is 10.7 Å². The third kappa shape index (κ3) is 3.15. The standard InChI is InChI=1S/C16H16FN3O3S/c17-15-6-2-1-5-14(15)16(21)19-8-10-20(11-9-19)24(22,23)13-4-3-7-18-12-13/h1-7,12H,8-11H2. The molecule has 1 fully saturated rings. The molecule has 1 aromatic heterocycles. The minimum absolute atomic E-state index is 0.000988. The van der Waals surface area contributed by atoms with Crippen LogP contribution in [-0.2, 0) is 10.0 Å². The van der Waals surface area contributed by atoms with Gasteiger partial charge in [0, 0.05) is 38.6 Å². The molecular formula is C16H16FN3O3S. The summed E-state index contributed by atoms with van der Waals surface area (Å²) in [5.41, 5.74) is 0.000988. The number of pyridine rings is 1. The predicted octanol–water partition coefficient (Wildman–Crippen LogP) is 1.37. The molecule has 2 aromatic rings. The quantitative estimate of drug-likeness (QED) is 0.839. The van der Waals surface area contributed by atoms with E-state index in [0.29, 0.717) is 0 Å². The first-order valence-corrected chi connectivity index (χ1v) is 8.88. The van der Waals surface area contributed by atoms with Crippen LogP contribution >= 0.6 is 0 Å². The topological polar surface area (TPSA) is 70.6 Å². The molecule has 0 unspecified atom stereocenters. The van der Waals surface area contributed by atoms with Crippen LogP contribution in [0.2, 0.25) is 0 Å². The fourth-order valence-electron chi connectivity index (χ4n) is 2.59. The lowest BCUT2D eigenvalue weighted by atomic mass is 10.1. The van der Waals surface area contributed by atoms with Crippen molar-refractivity contribution in [2.24, 2.45) is 0 Å². The van der Waals surface area contributed by atoms with Gasteiger partial charge in [0.15, 0.2) is 0 Å². The fraction of sp³-hybridized carbons (Fsp3) is 0.250. The van der Waals surface area contributed by atoms with E-state index in [9.17, 15) is 17.6 Å². The minimum Gasteiger partial charge on any atom is -0.336 e. The number of hydrogen-bond donors (Lipinski definition) is 0. The van der Waals surface area contributed by atoms with Crippen LogP contribution in [0, 0.1) is 5.82 Å². The summed E-state index contributed by atoms with van der Waals surface area (Å²) < 4.78 is 40.1. The average molecular weight is 349 g/mol. The lowest BCUT2D eigenvalue weighted by Crippen LogP contribution is -2.50. The molecular weight excluding hydrogens is 333 g/mol. The molecule has 0 saturated carbocycles. The van der Waals surface area contributed by atoms with Crippen molar-refractivity contribution >= 4 is 15.9 Å². The van der Waals surface area contributed by atoms with Crippen molar-refractivity contribution in [1.29, 1.82) is 0 Å². The molecule has 1 aromatic carbocycles. The molecule has 8 heteroatoms. The first-order valence-electron chi connectivity index (χ1n) is 7.44. The second-order valence-electron chi connectivity index (χ2n) is 5.36. The van der Waals surface area contributed by atoms with Crippen molar-refractivity contribution in [3.63, 3.8) is 0 Å². The second kappa shape index (κ2) is 6.66. The van der Waals surface area contributed by atoms with Gasteiger partial charge in [-0.2, -0.15) is 4.31 Å². The average Bonchev–Trinajstić information content (AvgIpc) is 2.62. The second-order valence-corrected chi connectivity index (χ2v) is 7.30. The van der Waals surface area contributed by atoms with E-state index in [2.05, 4.69) is 4.98 Å². The highest BCUT2D eigenvalue weighted by atomic mass is 32.2. The minimum atomic E-state index is -3.63. The van der Waals surface area contributed by atoms with Gasteiger partial charge in [-0.25, -0.2) is 12.8 Å². The summed E-state index contributed by atoms with van der Waals surface area (Å²) in [5.74, 6) is -1.00. The van der Waals surface area contributed by atoms with Crippen LogP contribution in [0.3, 0.4) is 0 Å². The van der Waals surface area contributed by atoms with Crippen molar-refractivity contribution in [2.75, 3.05) is 26.2 Å². The molecule has 24 heavy (non-hydrogen) atoms. The molecule has 0 atom stereocenters. The van der Waals surface area contributed by atoms with E-state index < -0.39 is 21.7 Å². The van der Waals surface area contributed by atoms with Crippen LogP contribution in [0.5, 0.6) is 0 Å². The van der Waals surface area contributed by atoms with Gasteiger partial charge in [0.05, 0.1) is 5.56 Å². The first-order chi connectivity index (χ1) is 11.5. The Morgan fingerprint density at radius 2 is 1.75 bits per heavy atom. The maximum absolute atomic E-state index is 13.7. The molecule has 0 radical (unpaired) electrons. The number of piperazine rings is 1.